The fraction of sp³-hybridized carbons (Fsp3) is 0.423. The van der Waals surface area contributed by atoms with Crippen molar-refractivity contribution in [3.63, 3.8) is 0 Å². The second kappa shape index (κ2) is 8.98. The lowest BCUT2D eigenvalue weighted by Gasteiger charge is -2.32. The van der Waals surface area contributed by atoms with E-state index in [1.807, 2.05) is 80.8 Å². The van der Waals surface area contributed by atoms with E-state index in [0.717, 1.165) is 16.8 Å². The van der Waals surface area contributed by atoms with E-state index < -0.39 is 13.9 Å². The summed E-state index contributed by atoms with van der Waals surface area (Å²) >= 11 is 0. The van der Waals surface area contributed by atoms with E-state index in [-0.39, 0.29) is 36.0 Å². The molecule has 9 heteroatoms. The summed E-state index contributed by atoms with van der Waals surface area (Å²) < 4.78 is 8.38. The Morgan fingerprint density at radius 2 is 1.89 bits per heavy atom. The molecule has 0 radical (unpaired) electrons. The number of fused-ring (bicyclic) bond motifs is 2. The molecule has 1 saturated heterocycles. The number of nitrogens with one attached hydrogen (secondary N) is 1. The summed E-state index contributed by atoms with van der Waals surface area (Å²) in [5.41, 5.74) is 2.08. The van der Waals surface area contributed by atoms with Gasteiger partial charge in [0.15, 0.2) is 13.9 Å². The number of aliphatic hydroxyl groups is 1. The van der Waals surface area contributed by atoms with Gasteiger partial charge in [0.2, 0.25) is 0 Å². The minimum atomic E-state index is -2.68. The zero-order valence-electron chi connectivity index (χ0n) is 20.3. The summed E-state index contributed by atoms with van der Waals surface area (Å²) in [6.07, 6.45) is 2.14. The van der Waals surface area contributed by atoms with Crippen molar-refractivity contribution in [3.05, 3.63) is 77.6 Å². The topological polar surface area (TPSA) is 110 Å². The number of aryl methyl sites for hydroxylation is 1. The number of hydrogen-bond acceptors (Lipinski definition) is 6. The van der Waals surface area contributed by atoms with Crippen LogP contribution in [0.2, 0.25) is 18.6 Å². The van der Waals surface area contributed by atoms with Crippen molar-refractivity contribution in [1.82, 2.24) is 15.0 Å². The minimum Gasteiger partial charge on any atom is -0.432 e. The number of carbonyl (C=O) groups is 1. The van der Waals surface area contributed by atoms with Crippen LogP contribution in [0.4, 0.5) is 5.69 Å². The Morgan fingerprint density at radius 1 is 1.17 bits per heavy atom. The molecule has 3 aromatic rings. The molecular formula is C26H32N4O4Si. The van der Waals surface area contributed by atoms with Crippen LogP contribution in [0.1, 0.15) is 36.1 Å². The first-order chi connectivity index (χ1) is 16.8. The van der Waals surface area contributed by atoms with Crippen molar-refractivity contribution in [2.45, 2.75) is 56.1 Å². The molecule has 3 N–H and O–H groups in total. The third-order valence-electron chi connectivity index (χ3n) is 7.59. The minimum absolute atomic E-state index is 0.0601. The molecule has 3 heterocycles. The highest BCUT2D eigenvalue weighted by atomic mass is 28.4. The Morgan fingerprint density at radius 3 is 2.60 bits per heavy atom. The molecule has 2 aliphatic heterocycles. The molecule has 0 aliphatic carbocycles. The highest BCUT2D eigenvalue weighted by Crippen LogP contribution is 2.58. The number of hydrogen-bond donors (Lipinski definition) is 3. The second-order valence-corrected chi connectivity index (χ2v) is 14.2. The van der Waals surface area contributed by atoms with Gasteiger partial charge in [0, 0.05) is 35.5 Å². The first-order valence-electron chi connectivity index (χ1n) is 12.1. The first-order valence-corrected chi connectivity index (χ1v) is 15.1. The molecule has 1 aromatic heterocycles. The van der Waals surface area contributed by atoms with Crippen LogP contribution >= 0.6 is 0 Å². The lowest BCUT2D eigenvalue weighted by molar-refractivity contribution is -0.143. The number of benzene rings is 2. The van der Waals surface area contributed by atoms with Crippen LogP contribution in [0, 0.1) is 5.92 Å². The van der Waals surface area contributed by atoms with E-state index in [2.05, 4.69) is 15.6 Å². The van der Waals surface area contributed by atoms with E-state index in [4.69, 9.17) is 4.74 Å². The molecule has 5 atom stereocenters. The van der Waals surface area contributed by atoms with Crippen LogP contribution in [0.25, 0.3) is 0 Å². The van der Waals surface area contributed by atoms with Gasteiger partial charge in [-0.2, -0.15) is 0 Å². The first kappa shape index (κ1) is 23.9. The van der Waals surface area contributed by atoms with Gasteiger partial charge >= 0.3 is 0 Å². The molecule has 1 unspecified atom stereocenters. The van der Waals surface area contributed by atoms with Crippen LogP contribution in [0.3, 0.4) is 0 Å². The van der Waals surface area contributed by atoms with Crippen LogP contribution in [-0.4, -0.2) is 51.8 Å². The number of ether oxygens (including phenoxy) is 1. The van der Waals surface area contributed by atoms with Gasteiger partial charge in [0.05, 0.1) is 24.3 Å². The molecule has 0 bridgehead atoms. The summed E-state index contributed by atoms with van der Waals surface area (Å²) in [7, 11) is -2.68. The Kier molecular flexibility index (Phi) is 6.12. The van der Waals surface area contributed by atoms with E-state index >= 15 is 0 Å². The monoisotopic (exact) mass is 492 g/mol. The quantitative estimate of drug-likeness (QED) is 0.437. The Balaban J connectivity index is 1.38. The Hall–Kier alpha value is -2.85. The van der Waals surface area contributed by atoms with Crippen molar-refractivity contribution in [3.8, 4) is 0 Å². The molecule has 1 fully saturated rings. The summed E-state index contributed by atoms with van der Waals surface area (Å²) in [5, 5.41) is 21.5. The second-order valence-electron chi connectivity index (χ2n) is 10.2. The molecule has 5 rings (SSSR count). The van der Waals surface area contributed by atoms with Gasteiger partial charge in [-0.15, -0.1) is 5.10 Å². The predicted octanol–water partition coefficient (Wildman–Crippen LogP) is 3.24. The Bertz CT molecular complexity index is 1210. The van der Waals surface area contributed by atoms with Crippen molar-refractivity contribution in [1.29, 1.82) is 0 Å². The lowest BCUT2D eigenvalue weighted by Crippen LogP contribution is -2.43. The molecule has 1 amide bonds. The highest BCUT2D eigenvalue weighted by Gasteiger charge is 2.64. The van der Waals surface area contributed by atoms with Gasteiger partial charge in [0.25, 0.3) is 5.91 Å². The molecule has 35 heavy (non-hydrogen) atoms. The number of anilines is 1. The van der Waals surface area contributed by atoms with Crippen molar-refractivity contribution in [2.24, 2.45) is 5.92 Å². The summed E-state index contributed by atoms with van der Waals surface area (Å²) in [6, 6.07) is 17.4. The third-order valence-corrected chi connectivity index (χ3v) is 10.1. The van der Waals surface area contributed by atoms with E-state index in [9.17, 15) is 14.7 Å². The zero-order valence-corrected chi connectivity index (χ0v) is 21.3. The number of aliphatic hydroxyl groups excluding tert-OH is 1. The molecule has 2 aromatic carbocycles. The SMILES string of the molecule is C[C@H]1[C@H]([Si](C)(C)O)[C@@H](CCn2cc(C(CO)c3ccccc3)nn2)O[C@]12C(=O)Nc1ccccc12. The summed E-state index contributed by atoms with van der Waals surface area (Å²) in [4.78, 5) is 24.5. The van der Waals surface area contributed by atoms with Crippen molar-refractivity contribution in [2.75, 3.05) is 11.9 Å². The third kappa shape index (κ3) is 4.02. The zero-order chi connectivity index (χ0) is 24.8. The highest BCUT2D eigenvalue weighted by molar-refractivity contribution is 6.71. The number of para-hydroxylation sites is 1. The fourth-order valence-electron chi connectivity index (χ4n) is 6.02. The molecule has 1 spiro atoms. The number of aromatic nitrogens is 3. The van der Waals surface area contributed by atoms with Gasteiger partial charge in [-0.05, 0) is 31.1 Å². The predicted molar refractivity (Wildman–Crippen MR) is 134 cm³/mol. The smallest absolute Gasteiger partial charge is 0.261 e. The normalized spacial score (nSPS) is 26.7. The fourth-order valence-corrected chi connectivity index (χ4v) is 8.62. The summed E-state index contributed by atoms with van der Waals surface area (Å²) in [5.74, 6) is -0.578. The number of amides is 1. The van der Waals surface area contributed by atoms with Crippen molar-refractivity contribution >= 4 is 19.9 Å². The average Bonchev–Trinajstić information content (AvgIpc) is 3.49. The van der Waals surface area contributed by atoms with Crippen LogP contribution in [0.5, 0.6) is 0 Å². The number of nitrogens with zero attached hydrogens (tertiary/aromatic N) is 3. The standard InChI is InChI=1S/C26H32N4O4Si/c1-17-24(35(2,3)33)23(34-26(17)20-11-7-8-12-21(20)27-25(26)32)13-14-30-15-22(28-29-30)19(16-31)18-9-5-4-6-10-18/h4-12,15,17,19,23-24,31,33H,13-14,16H2,1-3H3,(H,27,32)/t17-,19?,23+,24-,26+/m0/s1. The number of rotatable bonds is 7. The largest absolute Gasteiger partial charge is 0.432 e. The van der Waals surface area contributed by atoms with Crippen LogP contribution < -0.4 is 5.32 Å². The maximum Gasteiger partial charge on any atom is 0.261 e. The van der Waals surface area contributed by atoms with Crippen molar-refractivity contribution < 1.29 is 19.4 Å². The van der Waals surface area contributed by atoms with E-state index in [1.165, 1.54) is 0 Å². The average molecular weight is 493 g/mol. The lowest BCUT2D eigenvalue weighted by atomic mass is 9.82. The molecule has 8 nitrogen and oxygen atoms in total. The van der Waals surface area contributed by atoms with Gasteiger partial charge in [-0.1, -0.05) is 60.7 Å². The summed E-state index contributed by atoms with van der Waals surface area (Å²) in [6.45, 7) is 6.33. The van der Waals surface area contributed by atoms with Gasteiger partial charge < -0.3 is 20.0 Å². The molecular weight excluding hydrogens is 460 g/mol. The molecule has 0 saturated carbocycles. The molecule has 2 aliphatic rings. The van der Waals surface area contributed by atoms with Crippen LogP contribution in [0.15, 0.2) is 60.8 Å². The Labute approximate surface area is 206 Å². The molecule has 184 valence electrons. The van der Waals surface area contributed by atoms with E-state index in [1.54, 1.807) is 4.68 Å². The maximum atomic E-state index is 13.3. The van der Waals surface area contributed by atoms with Gasteiger partial charge in [-0.3, -0.25) is 9.48 Å². The van der Waals surface area contributed by atoms with E-state index in [0.29, 0.717) is 18.7 Å². The number of carbonyl (C=O) groups excluding carboxylic acids is 1. The van der Waals surface area contributed by atoms with Gasteiger partial charge in [0.1, 0.15) is 0 Å². The van der Waals surface area contributed by atoms with Gasteiger partial charge in [-0.25, -0.2) is 0 Å². The van der Waals surface area contributed by atoms with Crippen LogP contribution in [-0.2, 0) is 21.7 Å². The maximum absolute atomic E-state index is 13.3.